The minimum atomic E-state index is -0.282. The molecule has 2 atom stereocenters. The number of rotatable bonds is 1. The molecule has 2 aliphatic rings. The van der Waals surface area contributed by atoms with E-state index in [1.54, 1.807) is 6.92 Å². The van der Waals surface area contributed by atoms with Gasteiger partial charge in [-0.25, -0.2) is 0 Å². The highest BCUT2D eigenvalue weighted by molar-refractivity contribution is 5.89. The number of allylic oxidation sites excluding steroid dienone is 4. The van der Waals surface area contributed by atoms with Crippen molar-refractivity contribution in [1.82, 2.24) is 0 Å². The highest BCUT2D eigenvalue weighted by atomic mass is 16.1. The van der Waals surface area contributed by atoms with Gasteiger partial charge >= 0.3 is 0 Å². The molecule has 2 aliphatic carbocycles. The van der Waals surface area contributed by atoms with Gasteiger partial charge in [0.2, 0.25) is 0 Å². The Morgan fingerprint density at radius 2 is 1.83 bits per heavy atom. The molecule has 18 heavy (non-hydrogen) atoms. The first-order valence-electron chi connectivity index (χ1n) is 6.99. The number of fused-ring (bicyclic) bond motifs is 1. The monoisotopic (exact) mass is 246 g/mol. The van der Waals surface area contributed by atoms with Crippen molar-refractivity contribution in [3.8, 4) is 0 Å². The second-order valence-electron chi connectivity index (χ2n) is 7.34. The van der Waals surface area contributed by atoms with Crippen molar-refractivity contribution >= 4 is 5.78 Å². The van der Waals surface area contributed by atoms with Crippen molar-refractivity contribution < 1.29 is 4.79 Å². The van der Waals surface area contributed by atoms with Gasteiger partial charge in [-0.05, 0) is 42.6 Å². The third-order valence-corrected chi connectivity index (χ3v) is 6.12. The first-order chi connectivity index (χ1) is 8.08. The minimum absolute atomic E-state index is 0.0192. The van der Waals surface area contributed by atoms with Crippen LogP contribution in [0.5, 0.6) is 0 Å². The van der Waals surface area contributed by atoms with Crippen LogP contribution in [0.25, 0.3) is 0 Å². The molecule has 0 aromatic carbocycles. The fourth-order valence-electron chi connectivity index (χ4n) is 4.47. The minimum Gasteiger partial charge on any atom is -0.299 e. The summed E-state index contributed by atoms with van der Waals surface area (Å²) in [7, 11) is 0. The Bertz CT molecular complexity index is 462. The molecule has 0 aromatic heterocycles. The Morgan fingerprint density at radius 1 is 1.28 bits per heavy atom. The molecule has 0 amide bonds. The lowest BCUT2D eigenvalue weighted by Gasteiger charge is -2.43. The Labute approximate surface area is 111 Å². The Balaban J connectivity index is 2.75. The maximum absolute atomic E-state index is 12.5. The molecule has 1 nitrogen and oxygen atoms in total. The quantitative estimate of drug-likeness (QED) is 0.664. The smallest absolute Gasteiger partial charge is 0.140 e. The average molecular weight is 246 g/mol. The van der Waals surface area contributed by atoms with Crippen LogP contribution in [0.15, 0.2) is 23.3 Å². The molecule has 0 aliphatic heterocycles. The van der Waals surface area contributed by atoms with Gasteiger partial charge in [-0.3, -0.25) is 4.79 Å². The predicted octanol–water partition coefficient (Wildman–Crippen LogP) is 4.54. The van der Waals surface area contributed by atoms with Crippen LogP contribution in [0.2, 0.25) is 0 Å². The standard InChI is InChI=1S/C17H26O/c1-11-8-9-17(13(3)18)14(10-11)15(4,5)12(2)16(17,6)7/h8,10,12H,9H2,1-7H3. The summed E-state index contributed by atoms with van der Waals surface area (Å²) in [6.07, 6.45) is 5.39. The molecule has 0 heterocycles. The number of Topliss-reactive ketones (excluding diaryl/α,β-unsaturated/α-hetero) is 1. The van der Waals surface area contributed by atoms with Crippen molar-refractivity contribution in [2.75, 3.05) is 0 Å². The number of hydrogen-bond donors (Lipinski definition) is 0. The lowest BCUT2D eigenvalue weighted by atomic mass is 9.59. The summed E-state index contributed by atoms with van der Waals surface area (Å²) in [4.78, 5) is 12.5. The summed E-state index contributed by atoms with van der Waals surface area (Å²) < 4.78 is 0. The molecule has 0 N–H and O–H groups in total. The average Bonchev–Trinajstić information content (AvgIpc) is 2.37. The van der Waals surface area contributed by atoms with Crippen LogP contribution in [-0.2, 0) is 4.79 Å². The van der Waals surface area contributed by atoms with Gasteiger partial charge in [0.15, 0.2) is 0 Å². The zero-order valence-electron chi connectivity index (χ0n) is 12.8. The molecule has 2 unspecified atom stereocenters. The van der Waals surface area contributed by atoms with Gasteiger partial charge in [0.25, 0.3) is 0 Å². The molecular formula is C17H26O. The normalized spacial score (nSPS) is 36.7. The third kappa shape index (κ3) is 1.31. The van der Waals surface area contributed by atoms with Crippen molar-refractivity contribution in [3.05, 3.63) is 23.3 Å². The van der Waals surface area contributed by atoms with Gasteiger partial charge < -0.3 is 0 Å². The van der Waals surface area contributed by atoms with Crippen LogP contribution in [0.4, 0.5) is 0 Å². The molecular weight excluding hydrogens is 220 g/mol. The molecule has 0 spiro atoms. The van der Waals surface area contributed by atoms with Crippen LogP contribution in [0.3, 0.4) is 0 Å². The predicted molar refractivity (Wildman–Crippen MR) is 76.3 cm³/mol. The molecule has 1 fully saturated rings. The largest absolute Gasteiger partial charge is 0.299 e. The van der Waals surface area contributed by atoms with Crippen LogP contribution >= 0.6 is 0 Å². The SMILES string of the molecule is CC(=O)C12CC=C(C)C=C1C(C)(C)C(C)C2(C)C. The highest BCUT2D eigenvalue weighted by Gasteiger charge is 2.65. The van der Waals surface area contributed by atoms with E-state index in [4.69, 9.17) is 0 Å². The number of hydrogen-bond acceptors (Lipinski definition) is 1. The molecule has 0 bridgehead atoms. The van der Waals surface area contributed by atoms with Gasteiger partial charge in [0.1, 0.15) is 5.78 Å². The highest BCUT2D eigenvalue weighted by Crippen LogP contribution is 2.69. The van der Waals surface area contributed by atoms with Crippen LogP contribution in [-0.4, -0.2) is 5.78 Å². The van der Waals surface area contributed by atoms with Crippen molar-refractivity contribution in [3.63, 3.8) is 0 Å². The summed E-state index contributed by atoms with van der Waals surface area (Å²) in [5.41, 5.74) is 2.51. The second-order valence-corrected chi connectivity index (χ2v) is 7.34. The Hall–Kier alpha value is -0.850. The van der Waals surface area contributed by atoms with Crippen molar-refractivity contribution in [2.24, 2.45) is 22.2 Å². The summed E-state index contributed by atoms with van der Waals surface area (Å²) in [5, 5.41) is 0. The van der Waals surface area contributed by atoms with Crippen LogP contribution < -0.4 is 0 Å². The van der Waals surface area contributed by atoms with Gasteiger partial charge in [0.05, 0.1) is 5.41 Å². The lowest BCUT2D eigenvalue weighted by Crippen LogP contribution is -2.43. The topological polar surface area (TPSA) is 17.1 Å². The van der Waals surface area contributed by atoms with E-state index in [9.17, 15) is 4.79 Å². The van der Waals surface area contributed by atoms with E-state index in [1.807, 2.05) is 0 Å². The lowest BCUT2D eigenvalue weighted by molar-refractivity contribution is -0.130. The van der Waals surface area contributed by atoms with E-state index in [0.29, 0.717) is 11.7 Å². The summed E-state index contributed by atoms with van der Waals surface area (Å²) in [5.74, 6) is 0.833. The van der Waals surface area contributed by atoms with Crippen molar-refractivity contribution in [1.29, 1.82) is 0 Å². The molecule has 1 saturated carbocycles. The maximum atomic E-state index is 12.5. The zero-order valence-corrected chi connectivity index (χ0v) is 12.8. The molecule has 1 heteroatoms. The summed E-state index contributed by atoms with van der Waals surface area (Å²) in [6, 6.07) is 0. The summed E-state index contributed by atoms with van der Waals surface area (Å²) in [6.45, 7) is 15.4. The molecule has 100 valence electrons. The number of carbonyl (C=O) groups is 1. The van der Waals surface area contributed by atoms with Crippen molar-refractivity contribution in [2.45, 2.75) is 54.9 Å². The van der Waals surface area contributed by atoms with E-state index < -0.39 is 0 Å². The number of carbonyl (C=O) groups excluding carboxylic acids is 1. The van der Waals surface area contributed by atoms with E-state index in [1.165, 1.54) is 11.1 Å². The zero-order chi connectivity index (χ0) is 13.9. The van der Waals surface area contributed by atoms with Crippen LogP contribution in [0, 0.1) is 22.2 Å². The number of ketones is 1. The molecule has 2 rings (SSSR count). The molecule has 0 aromatic rings. The Morgan fingerprint density at radius 3 is 2.33 bits per heavy atom. The first kappa shape index (κ1) is 13.6. The Kier molecular flexibility index (Phi) is 2.71. The van der Waals surface area contributed by atoms with E-state index >= 15 is 0 Å². The third-order valence-electron chi connectivity index (χ3n) is 6.12. The van der Waals surface area contributed by atoms with E-state index in [-0.39, 0.29) is 16.2 Å². The summed E-state index contributed by atoms with van der Waals surface area (Å²) >= 11 is 0. The van der Waals surface area contributed by atoms with Gasteiger partial charge in [-0.15, -0.1) is 0 Å². The molecule has 0 radical (unpaired) electrons. The van der Waals surface area contributed by atoms with E-state index in [2.05, 4.69) is 53.7 Å². The maximum Gasteiger partial charge on any atom is 0.140 e. The first-order valence-corrected chi connectivity index (χ1v) is 6.99. The second kappa shape index (κ2) is 3.59. The van der Waals surface area contributed by atoms with Gasteiger partial charge in [-0.1, -0.05) is 52.3 Å². The van der Waals surface area contributed by atoms with Crippen LogP contribution in [0.1, 0.15) is 54.9 Å². The molecule has 0 saturated heterocycles. The van der Waals surface area contributed by atoms with Gasteiger partial charge in [-0.2, -0.15) is 0 Å². The van der Waals surface area contributed by atoms with Gasteiger partial charge in [0, 0.05) is 0 Å². The fraction of sp³-hybridized carbons (Fsp3) is 0.706. The fourth-order valence-corrected chi connectivity index (χ4v) is 4.47. The van der Waals surface area contributed by atoms with E-state index in [0.717, 1.165) is 6.42 Å².